The second-order valence-electron chi connectivity index (χ2n) is 4.28. The second kappa shape index (κ2) is 6.55. The molecular formula is C14H17ClO3. The third-order valence-corrected chi connectivity index (χ3v) is 2.89. The van der Waals surface area contributed by atoms with Gasteiger partial charge in [-0.3, -0.25) is 4.79 Å². The molecule has 0 aromatic heterocycles. The van der Waals surface area contributed by atoms with Crippen molar-refractivity contribution >= 4 is 23.2 Å². The molecule has 0 fully saturated rings. The van der Waals surface area contributed by atoms with Crippen LogP contribution in [0.15, 0.2) is 12.1 Å². The molecule has 1 aromatic rings. The minimum atomic E-state index is -0.0429. The Labute approximate surface area is 112 Å². The van der Waals surface area contributed by atoms with E-state index in [2.05, 4.69) is 0 Å². The number of halogens is 1. The van der Waals surface area contributed by atoms with Gasteiger partial charge in [-0.2, -0.15) is 0 Å². The minimum absolute atomic E-state index is 0.0429. The van der Waals surface area contributed by atoms with E-state index in [-0.39, 0.29) is 11.6 Å². The highest BCUT2D eigenvalue weighted by Crippen LogP contribution is 2.28. The van der Waals surface area contributed by atoms with Gasteiger partial charge in [0.05, 0.1) is 12.7 Å². The van der Waals surface area contributed by atoms with Gasteiger partial charge in [-0.15, -0.1) is 0 Å². The van der Waals surface area contributed by atoms with Gasteiger partial charge in [-0.05, 0) is 38.0 Å². The first kappa shape index (κ1) is 14.7. The molecule has 1 aromatic carbocycles. The van der Waals surface area contributed by atoms with Crippen molar-refractivity contribution in [2.45, 2.75) is 33.1 Å². The summed E-state index contributed by atoms with van der Waals surface area (Å²) in [6, 6.07) is 3.37. The van der Waals surface area contributed by atoms with Crippen LogP contribution in [0.4, 0.5) is 0 Å². The van der Waals surface area contributed by atoms with Gasteiger partial charge in [-0.1, -0.05) is 11.6 Å². The van der Waals surface area contributed by atoms with Crippen molar-refractivity contribution in [1.29, 1.82) is 0 Å². The molecular weight excluding hydrogens is 252 g/mol. The summed E-state index contributed by atoms with van der Waals surface area (Å²) in [7, 11) is 1.53. The van der Waals surface area contributed by atoms with Crippen LogP contribution in [0.25, 0.3) is 0 Å². The molecule has 0 spiro atoms. The predicted octanol–water partition coefficient (Wildman–Crippen LogP) is 3.60. The molecule has 0 aliphatic rings. The summed E-state index contributed by atoms with van der Waals surface area (Å²) < 4.78 is 5.23. The summed E-state index contributed by atoms with van der Waals surface area (Å²) in [5, 5.41) is 0.517. The average Bonchev–Trinajstić information content (AvgIpc) is 2.27. The molecule has 0 radical (unpaired) electrons. The number of Topliss-reactive ketones (excluding diaryl/α,β-unsaturated/α-hetero) is 2. The first-order chi connectivity index (χ1) is 8.45. The van der Waals surface area contributed by atoms with Crippen LogP contribution in [0.5, 0.6) is 5.75 Å². The van der Waals surface area contributed by atoms with Crippen LogP contribution >= 0.6 is 11.6 Å². The Morgan fingerprint density at radius 2 is 1.94 bits per heavy atom. The van der Waals surface area contributed by atoms with Gasteiger partial charge >= 0.3 is 0 Å². The van der Waals surface area contributed by atoms with Crippen molar-refractivity contribution in [1.82, 2.24) is 0 Å². The lowest BCUT2D eigenvalue weighted by Gasteiger charge is -2.11. The molecule has 0 heterocycles. The fourth-order valence-electron chi connectivity index (χ4n) is 1.84. The Morgan fingerprint density at radius 3 is 2.50 bits per heavy atom. The van der Waals surface area contributed by atoms with E-state index in [1.807, 2.05) is 6.92 Å². The molecule has 0 amide bonds. The Morgan fingerprint density at radius 1 is 1.28 bits per heavy atom. The van der Waals surface area contributed by atoms with Crippen molar-refractivity contribution in [3.63, 3.8) is 0 Å². The van der Waals surface area contributed by atoms with Crippen LogP contribution in [-0.4, -0.2) is 18.7 Å². The molecule has 18 heavy (non-hydrogen) atoms. The van der Waals surface area contributed by atoms with Crippen LogP contribution in [0, 0.1) is 6.92 Å². The summed E-state index contributed by atoms with van der Waals surface area (Å²) >= 11 is 5.95. The number of hydrogen-bond donors (Lipinski definition) is 0. The summed E-state index contributed by atoms with van der Waals surface area (Å²) in [5.41, 5.74) is 1.32. The molecule has 0 saturated heterocycles. The lowest BCUT2D eigenvalue weighted by atomic mass is 10.0. The lowest BCUT2D eigenvalue weighted by Crippen LogP contribution is -2.04. The van der Waals surface area contributed by atoms with E-state index < -0.39 is 0 Å². The first-order valence-electron chi connectivity index (χ1n) is 5.82. The van der Waals surface area contributed by atoms with Crippen LogP contribution in [-0.2, 0) is 4.79 Å². The molecule has 0 aliphatic carbocycles. The van der Waals surface area contributed by atoms with Crippen molar-refractivity contribution in [2.24, 2.45) is 0 Å². The summed E-state index contributed by atoms with van der Waals surface area (Å²) in [6.07, 6.45) is 1.31. The summed E-state index contributed by atoms with van der Waals surface area (Å²) in [4.78, 5) is 22.9. The molecule has 4 heteroatoms. The molecule has 98 valence electrons. The number of ketones is 2. The molecule has 0 saturated carbocycles. The van der Waals surface area contributed by atoms with E-state index in [9.17, 15) is 9.59 Å². The van der Waals surface area contributed by atoms with Gasteiger partial charge in [0.15, 0.2) is 5.78 Å². The number of carbonyl (C=O) groups excluding carboxylic acids is 2. The summed E-state index contributed by atoms with van der Waals surface area (Å²) in [5.74, 6) is 0.614. The zero-order valence-electron chi connectivity index (χ0n) is 10.9. The van der Waals surface area contributed by atoms with Crippen LogP contribution in [0.1, 0.15) is 42.1 Å². The molecule has 1 rings (SSSR count). The average molecular weight is 269 g/mol. The van der Waals surface area contributed by atoms with Crippen molar-refractivity contribution in [3.8, 4) is 5.75 Å². The van der Waals surface area contributed by atoms with Crippen LogP contribution in [0.3, 0.4) is 0 Å². The number of aryl methyl sites for hydroxylation is 1. The minimum Gasteiger partial charge on any atom is -0.496 e. The van der Waals surface area contributed by atoms with Gasteiger partial charge in [0.2, 0.25) is 0 Å². The maximum Gasteiger partial charge on any atom is 0.166 e. The van der Waals surface area contributed by atoms with Crippen LogP contribution < -0.4 is 4.74 Å². The highest BCUT2D eigenvalue weighted by Gasteiger charge is 2.15. The highest BCUT2D eigenvalue weighted by molar-refractivity contribution is 6.31. The van der Waals surface area contributed by atoms with E-state index in [0.717, 1.165) is 5.56 Å². The Balaban J connectivity index is 2.87. The van der Waals surface area contributed by atoms with Gasteiger partial charge in [0, 0.05) is 17.9 Å². The van der Waals surface area contributed by atoms with Crippen molar-refractivity contribution < 1.29 is 14.3 Å². The predicted molar refractivity (Wildman–Crippen MR) is 71.6 cm³/mol. The smallest absolute Gasteiger partial charge is 0.166 e. The quantitative estimate of drug-likeness (QED) is 0.741. The summed E-state index contributed by atoms with van der Waals surface area (Å²) in [6.45, 7) is 3.37. The van der Waals surface area contributed by atoms with Gasteiger partial charge in [0.1, 0.15) is 11.5 Å². The molecule has 0 N–H and O–H groups in total. The monoisotopic (exact) mass is 268 g/mol. The van der Waals surface area contributed by atoms with E-state index in [4.69, 9.17) is 16.3 Å². The van der Waals surface area contributed by atoms with Gasteiger partial charge in [-0.25, -0.2) is 0 Å². The topological polar surface area (TPSA) is 43.4 Å². The third kappa shape index (κ3) is 3.84. The fraction of sp³-hybridized carbons (Fsp3) is 0.429. The first-order valence-corrected chi connectivity index (χ1v) is 6.20. The number of carbonyl (C=O) groups is 2. The SMILES string of the molecule is COc1c(C)cc(Cl)cc1C(=O)CCCC(C)=O. The van der Waals surface area contributed by atoms with E-state index in [1.54, 1.807) is 12.1 Å². The standard InChI is InChI=1S/C14H17ClO3/c1-9-7-11(15)8-12(14(9)18-3)13(17)6-4-5-10(2)16/h7-8H,4-6H2,1-3H3. The molecule has 0 unspecified atom stereocenters. The Kier molecular flexibility index (Phi) is 5.35. The number of methoxy groups -OCH3 is 1. The molecule has 0 atom stereocenters. The second-order valence-corrected chi connectivity index (χ2v) is 4.72. The molecule has 3 nitrogen and oxygen atoms in total. The van der Waals surface area contributed by atoms with E-state index in [1.165, 1.54) is 14.0 Å². The molecule has 0 bridgehead atoms. The fourth-order valence-corrected chi connectivity index (χ4v) is 2.11. The Hall–Kier alpha value is -1.35. The van der Waals surface area contributed by atoms with E-state index >= 15 is 0 Å². The maximum absolute atomic E-state index is 12.1. The number of ether oxygens (including phenoxy) is 1. The van der Waals surface area contributed by atoms with Gasteiger partial charge in [0.25, 0.3) is 0 Å². The molecule has 0 aliphatic heterocycles. The van der Waals surface area contributed by atoms with Crippen molar-refractivity contribution in [2.75, 3.05) is 7.11 Å². The van der Waals surface area contributed by atoms with Crippen molar-refractivity contribution in [3.05, 3.63) is 28.3 Å². The van der Waals surface area contributed by atoms with Crippen LogP contribution in [0.2, 0.25) is 5.02 Å². The number of benzene rings is 1. The third-order valence-electron chi connectivity index (χ3n) is 2.68. The van der Waals surface area contributed by atoms with Gasteiger partial charge < -0.3 is 9.53 Å². The lowest BCUT2D eigenvalue weighted by molar-refractivity contribution is -0.117. The maximum atomic E-state index is 12.1. The largest absolute Gasteiger partial charge is 0.496 e. The zero-order chi connectivity index (χ0) is 13.7. The number of hydrogen-bond acceptors (Lipinski definition) is 3. The van der Waals surface area contributed by atoms with E-state index in [0.29, 0.717) is 35.6 Å². The highest BCUT2D eigenvalue weighted by atomic mass is 35.5. The normalized spacial score (nSPS) is 10.2. The zero-order valence-corrected chi connectivity index (χ0v) is 11.6. The Bertz CT molecular complexity index is 466. The number of rotatable bonds is 6.